The summed E-state index contributed by atoms with van der Waals surface area (Å²) >= 11 is 0. The minimum Gasteiger partial charge on any atom is -0.347 e. The van der Waals surface area contributed by atoms with Crippen LogP contribution in [-0.2, 0) is 4.79 Å². The van der Waals surface area contributed by atoms with Crippen LogP contribution in [0.4, 0.5) is 4.39 Å². The molecule has 0 radical (unpaired) electrons. The molecule has 0 spiro atoms. The number of hydrogen-bond acceptors (Lipinski definition) is 2. The summed E-state index contributed by atoms with van der Waals surface area (Å²) in [5.74, 6) is -0.257. The van der Waals surface area contributed by atoms with E-state index < -0.39 is 18.8 Å². The molecule has 1 aliphatic rings. The molecule has 1 rings (SSSR count). The second-order valence-electron chi connectivity index (χ2n) is 1.80. The van der Waals surface area contributed by atoms with Gasteiger partial charge >= 0.3 is 0 Å². The van der Waals surface area contributed by atoms with E-state index in [1.54, 1.807) is 0 Å². The Labute approximate surface area is 58.2 Å². The SMILES string of the molecule is Cl.NC1C(=O)NC1CF. The molecule has 54 valence electrons. The Kier molecular flexibility index (Phi) is 2.87. The number of nitrogens with two attached hydrogens (primary N) is 1. The van der Waals surface area contributed by atoms with Crippen LogP contribution in [0.5, 0.6) is 0 Å². The first-order chi connectivity index (χ1) is 3.75. The lowest BCUT2D eigenvalue weighted by Gasteiger charge is -2.31. The molecule has 1 heterocycles. The molecule has 1 saturated heterocycles. The summed E-state index contributed by atoms with van der Waals surface area (Å²) in [5, 5.41) is 2.30. The fourth-order valence-electron chi connectivity index (χ4n) is 0.590. The Hall–Kier alpha value is -0.350. The fourth-order valence-corrected chi connectivity index (χ4v) is 0.590. The van der Waals surface area contributed by atoms with Gasteiger partial charge in [0, 0.05) is 0 Å². The van der Waals surface area contributed by atoms with E-state index in [9.17, 15) is 9.18 Å². The van der Waals surface area contributed by atoms with Crippen molar-refractivity contribution in [2.45, 2.75) is 12.1 Å². The Morgan fingerprint density at radius 2 is 2.33 bits per heavy atom. The molecule has 2 atom stereocenters. The first-order valence-electron chi connectivity index (χ1n) is 2.37. The van der Waals surface area contributed by atoms with E-state index in [1.807, 2.05) is 0 Å². The van der Waals surface area contributed by atoms with Gasteiger partial charge in [0.25, 0.3) is 0 Å². The number of hydrogen-bond donors (Lipinski definition) is 2. The summed E-state index contributed by atoms with van der Waals surface area (Å²) in [6, 6.07) is -1.04. The number of rotatable bonds is 1. The van der Waals surface area contributed by atoms with E-state index in [4.69, 9.17) is 5.73 Å². The smallest absolute Gasteiger partial charge is 0.239 e. The van der Waals surface area contributed by atoms with Crippen LogP contribution in [-0.4, -0.2) is 24.7 Å². The average Bonchev–Trinajstić information content (AvgIpc) is 1.81. The van der Waals surface area contributed by atoms with E-state index in [-0.39, 0.29) is 18.3 Å². The van der Waals surface area contributed by atoms with Crippen LogP contribution in [0.3, 0.4) is 0 Å². The molecule has 0 aliphatic carbocycles. The number of carbonyl (C=O) groups is 1. The number of amides is 1. The number of alkyl halides is 1. The van der Waals surface area contributed by atoms with Crippen molar-refractivity contribution in [2.75, 3.05) is 6.67 Å². The second-order valence-corrected chi connectivity index (χ2v) is 1.80. The summed E-state index contributed by atoms with van der Waals surface area (Å²) in [7, 11) is 0. The molecule has 3 nitrogen and oxygen atoms in total. The third-order valence-electron chi connectivity index (χ3n) is 1.23. The lowest BCUT2D eigenvalue weighted by Crippen LogP contribution is -2.67. The van der Waals surface area contributed by atoms with Gasteiger partial charge in [0.05, 0.1) is 6.04 Å². The molecule has 1 amide bonds. The van der Waals surface area contributed by atoms with Crippen molar-refractivity contribution in [1.82, 2.24) is 5.32 Å². The number of carbonyl (C=O) groups excluding carboxylic acids is 1. The summed E-state index contributed by atoms with van der Waals surface area (Å²) < 4.78 is 11.6. The molecule has 0 aromatic rings. The van der Waals surface area contributed by atoms with Gasteiger partial charge in [-0.05, 0) is 0 Å². The highest BCUT2D eigenvalue weighted by Gasteiger charge is 2.35. The standard InChI is InChI=1S/C4H7FN2O.ClH/c5-1-2-3(6)4(8)7-2;/h2-3H,1,6H2,(H,7,8);1H. The highest BCUT2D eigenvalue weighted by atomic mass is 35.5. The zero-order valence-corrected chi connectivity index (χ0v) is 5.45. The Morgan fingerprint density at radius 3 is 2.44 bits per heavy atom. The van der Waals surface area contributed by atoms with Crippen LogP contribution in [0.15, 0.2) is 0 Å². The van der Waals surface area contributed by atoms with Crippen molar-refractivity contribution in [1.29, 1.82) is 0 Å². The summed E-state index contributed by atoms with van der Waals surface area (Å²) in [4.78, 5) is 10.2. The lowest BCUT2D eigenvalue weighted by molar-refractivity contribution is -0.130. The number of halogens is 2. The molecule has 9 heavy (non-hydrogen) atoms. The highest BCUT2D eigenvalue weighted by molar-refractivity contribution is 5.88. The zero-order chi connectivity index (χ0) is 6.15. The van der Waals surface area contributed by atoms with Crippen molar-refractivity contribution in [3.63, 3.8) is 0 Å². The third kappa shape index (κ3) is 1.31. The van der Waals surface area contributed by atoms with Gasteiger partial charge in [-0.25, -0.2) is 4.39 Å². The van der Waals surface area contributed by atoms with Gasteiger partial charge in [0.1, 0.15) is 12.7 Å². The van der Waals surface area contributed by atoms with Crippen LogP contribution in [0.2, 0.25) is 0 Å². The largest absolute Gasteiger partial charge is 0.347 e. The maximum atomic E-state index is 11.6. The van der Waals surface area contributed by atoms with Gasteiger partial charge in [-0.1, -0.05) is 0 Å². The monoisotopic (exact) mass is 154 g/mol. The average molecular weight is 155 g/mol. The van der Waals surface area contributed by atoms with Crippen molar-refractivity contribution in [3.8, 4) is 0 Å². The predicted molar refractivity (Wildman–Crippen MR) is 33.1 cm³/mol. The molecule has 2 unspecified atom stereocenters. The van der Waals surface area contributed by atoms with Crippen molar-refractivity contribution in [3.05, 3.63) is 0 Å². The quantitative estimate of drug-likeness (QED) is 0.486. The molecule has 3 N–H and O–H groups in total. The van der Waals surface area contributed by atoms with Crippen LogP contribution >= 0.6 is 12.4 Å². The third-order valence-corrected chi connectivity index (χ3v) is 1.23. The van der Waals surface area contributed by atoms with E-state index in [0.717, 1.165) is 0 Å². The molecule has 0 aromatic heterocycles. The van der Waals surface area contributed by atoms with Gasteiger partial charge in [-0.15, -0.1) is 12.4 Å². The van der Waals surface area contributed by atoms with Crippen LogP contribution in [0, 0.1) is 0 Å². The molecule has 0 bridgehead atoms. The van der Waals surface area contributed by atoms with Gasteiger partial charge in [0.2, 0.25) is 5.91 Å². The molecule has 1 fully saturated rings. The Bertz CT molecular complexity index is 121. The van der Waals surface area contributed by atoms with Crippen LogP contribution in [0.25, 0.3) is 0 Å². The fraction of sp³-hybridized carbons (Fsp3) is 0.750. The zero-order valence-electron chi connectivity index (χ0n) is 4.63. The second kappa shape index (κ2) is 2.98. The minimum absolute atomic E-state index is 0. The maximum Gasteiger partial charge on any atom is 0.239 e. The van der Waals surface area contributed by atoms with Gasteiger partial charge in [-0.2, -0.15) is 0 Å². The van der Waals surface area contributed by atoms with E-state index in [0.29, 0.717) is 0 Å². The number of nitrogens with one attached hydrogen (secondary N) is 1. The molecular weight excluding hydrogens is 147 g/mol. The molecule has 0 saturated carbocycles. The summed E-state index contributed by atoms with van der Waals surface area (Å²) in [6.07, 6.45) is 0. The van der Waals surface area contributed by atoms with Crippen molar-refractivity contribution < 1.29 is 9.18 Å². The maximum absolute atomic E-state index is 11.6. The van der Waals surface area contributed by atoms with Gasteiger partial charge in [-0.3, -0.25) is 4.79 Å². The van der Waals surface area contributed by atoms with E-state index >= 15 is 0 Å². The molecule has 0 aromatic carbocycles. The van der Waals surface area contributed by atoms with Crippen LogP contribution in [0.1, 0.15) is 0 Å². The van der Waals surface area contributed by atoms with E-state index in [1.165, 1.54) is 0 Å². The first-order valence-corrected chi connectivity index (χ1v) is 2.37. The predicted octanol–water partition coefficient (Wildman–Crippen LogP) is -0.797. The van der Waals surface area contributed by atoms with E-state index in [2.05, 4.69) is 5.32 Å². The number of β-lactam (4-membered cyclic amide) rings is 1. The topological polar surface area (TPSA) is 55.1 Å². The minimum atomic E-state index is -0.611. The Morgan fingerprint density at radius 1 is 1.78 bits per heavy atom. The highest BCUT2D eigenvalue weighted by Crippen LogP contribution is 2.02. The molecule has 1 aliphatic heterocycles. The van der Waals surface area contributed by atoms with Crippen molar-refractivity contribution in [2.24, 2.45) is 5.73 Å². The van der Waals surface area contributed by atoms with Crippen LogP contribution < -0.4 is 11.1 Å². The molecular formula is C4H8ClFN2O. The van der Waals surface area contributed by atoms with Gasteiger partial charge < -0.3 is 11.1 Å². The Balaban J connectivity index is 0.000000640. The summed E-state index contributed by atoms with van der Waals surface area (Å²) in [5.41, 5.74) is 5.12. The van der Waals surface area contributed by atoms with Crippen molar-refractivity contribution >= 4 is 18.3 Å². The molecule has 5 heteroatoms. The van der Waals surface area contributed by atoms with Gasteiger partial charge in [0.15, 0.2) is 0 Å². The summed E-state index contributed by atoms with van der Waals surface area (Å²) in [6.45, 7) is -0.563. The first kappa shape index (κ1) is 8.65. The normalized spacial score (nSPS) is 32.0. The lowest BCUT2D eigenvalue weighted by atomic mass is 10.0.